The van der Waals surface area contributed by atoms with Gasteiger partial charge in [0.25, 0.3) is 0 Å². The third kappa shape index (κ3) is 5.51. The van der Waals surface area contributed by atoms with E-state index in [0.29, 0.717) is 13.0 Å². The largest absolute Gasteiger partial charge is 0.489 e. The lowest BCUT2D eigenvalue weighted by atomic mass is 10.1. The highest BCUT2D eigenvalue weighted by molar-refractivity contribution is 7.99. The molecule has 4 nitrogen and oxygen atoms in total. The zero-order valence-corrected chi connectivity index (χ0v) is 15.3. The van der Waals surface area contributed by atoms with E-state index in [-0.39, 0.29) is 11.9 Å². The molecule has 3 rings (SSSR count). The van der Waals surface area contributed by atoms with Crippen LogP contribution in [0.25, 0.3) is 0 Å². The van der Waals surface area contributed by atoms with E-state index in [1.165, 1.54) is 5.56 Å². The standard InChI is InChI=1S/C20H24N2O2S/c1-15-5-2-3-6-16(15)13-24-19-8-4-7-17(11-19)22-20(23)12-18-14-25-10-9-21-18/h2-8,11,18,21H,9-10,12-14H2,1H3,(H,22,23). The Bertz CT molecular complexity index is 714. The molecule has 1 atom stereocenters. The molecule has 2 aromatic carbocycles. The number of rotatable bonds is 6. The zero-order chi connectivity index (χ0) is 17.5. The summed E-state index contributed by atoms with van der Waals surface area (Å²) in [5.41, 5.74) is 3.15. The predicted molar refractivity (Wildman–Crippen MR) is 104 cm³/mol. The molecular formula is C20H24N2O2S. The van der Waals surface area contributed by atoms with E-state index in [1.54, 1.807) is 0 Å². The SMILES string of the molecule is Cc1ccccc1COc1cccc(NC(=O)CC2CSCCN2)c1. The molecule has 2 N–H and O–H groups in total. The highest BCUT2D eigenvalue weighted by Gasteiger charge is 2.16. The molecule has 0 aromatic heterocycles. The molecule has 1 unspecified atom stereocenters. The van der Waals surface area contributed by atoms with Crippen LogP contribution in [0.2, 0.25) is 0 Å². The first-order chi connectivity index (χ1) is 12.2. The van der Waals surface area contributed by atoms with Gasteiger partial charge < -0.3 is 15.4 Å². The van der Waals surface area contributed by atoms with Gasteiger partial charge in [-0.25, -0.2) is 0 Å². The van der Waals surface area contributed by atoms with E-state index in [1.807, 2.05) is 48.2 Å². The van der Waals surface area contributed by atoms with Crippen molar-refractivity contribution in [2.75, 3.05) is 23.4 Å². The van der Waals surface area contributed by atoms with Gasteiger partial charge in [-0.1, -0.05) is 30.3 Å². The van der Waals surface area contributed by atoms with Crippen molar-refractivity contribution < 1.29 is 9.53 Å². The van der Waals surface area contributed by atoms with E-state index in [0.717, 1.165) is 35.1 Å². The number of carbonyl (C=O) groups excluding carboxylic acids is 1. The van der Waals surface area contributed by atoms with E-state index in [9.17, 15) is 4.79 Å². The quantitative estimate of drug-likeness (QED) is 0.830. The number of ether oxygens (including phenoxy) is 1. The Labute approximate surface area is 153 Å². The summed E-state index contributed by atoms with van der Waals surface area (Å²) in [6.07, 6.45) is 0.501. The van der Waals surface area contributed by atoms with Crippen LogP contribution in [-0.4, -0.2) is 30.0 Å². The van der Waals surface area contributed by atoms with Crippen LogP contribution in [0, 0.1) is 6.92 Å². The highest BCUT2D eigenvalue weighted by atomic mass is 32.2. The lowest BCUT2D eigenvalue weighted by molar-refractivity contribution is -0.116. The van der Waals surface area contributed by atoms with Crippen molar-refractivity contribution in [2.45, 2.75) is 26.0 Å². The van der Waals surface area contributed by atoms with E-state index >= 15 is 0 Å². The second kappa shape index (κ2) is 8.92. The molecule has 1 aliphatic heterocycles. The van der Waals surface area contributed by atoms with Crippen LogP contribution in [0.5, 0.6) is 5.75 Å². The Balaban J connectivity index is 1.54. The first kappa shape index (κ1) is 17.8. The minimum absolute atomic E-state index is 0.0380. The van der Waals surface area contributed by atoms with Crippen molar-refractivity contribution in [2.24, 2.45) is 0 Å². The Hall–Kier alpha value is -1.98. The molecule has 0 aliphatic carbocycles. The molecule has 1 aliphatic rings. The van der Waals surface area contributed by atoms with Crippen molar-refractivity contribution in [1.82, 2.24) is 5.32 Å². The molecule has 0 spiro atoms. The molecule has 1 saturated heterocycles. The molecule has 1 fully saturated rings. The highest BCUT2D eigenvalue weighted by Crippen LogP contribution is 2.20. The lowest BCUT2D eigenvalue weighted by Gasteiger charge is -2.22. The Morgan fingerprint density at radius 2 is 2.16 bits per heavy atom. The number of aryl methyl sites for hydroxylation is 1. The van der Waals surface area contributed by atoms with Gasteiger partial charge in [0.2, 0.25) is 5.91 Å². The van der Waals surface area contributed by atoms with Gasteiger partial charge >= 0.3 is 0 Å². The van der Waals surface area contributed by atoms with Gasteiger partial charge in [0.15, 0.2) is 0 Å². The molecule has 1 heterocycles. The van der Waals surface area contributed by atoms with Crippen LogP contribution in [0.1, 0.15) is 17.5 Å². The first-order valence-corrected chi connectivity index (χ1v) is 9.74. The molecule has 0 bridgehead atoms. The summed E-state index contributed by atoms with van der Waals surface area (Å²) in [4.78, 5) is 12.2. The first-order valence-electron chi connectivity index (χ1n) is 8.59. The molecule has 2 aromatic rings. The van der Waals surface area contributed by atoms with Gasteiger partial charge in [0.1, 0.15) is 12.4 Å². The second-order valence-corrected chi connectivity index (χ2v) is 7.37. The Kier molecular flexibility index (Phi) is 6.36. The van der Waals surface area contributed by atoms with Crippen molar-refractivity contribution in [3.63, 3.8) is 0 Å². The lowest BCUT2D eigenvalue weighted by Crippen LogP contribution is -2.39. The molecule has 5 heteroatoms. The van der Waals surface area contributed by atoms with E-state index in [4.69, 9.17) is 4.74 Å². The Morgan fingerprint density at radius 1 is 1.28 bits per heavy atom. The van der Waals surface area contributed by atoms with Crippen LogP contribution in [0.4, 0.5) is 5.69 Å². The summed E-state index contributed by atoms with van der Waals surface area (Å²) in [7, 11) is 0. The maximum absolute atomic E-state index is 12.2. The predicted octanol–water partition coefficient (Wildman–Crippen LogP) is 3.61. The van der Waals surface area contributed by atoms with Crippen LogP contribution < -0.4 is 15.4 Å². The normalized spacial score (nSPS) is 17.1. The number of anilines is 1. The number of benzene rings is 2. The fourth-order valence-corrected chi connectivity index (χ4v) is 3.73. The molecule has 25 heavy (non-hydrogen) atoms. The molecule has 1 amide bonds. The van der Waals surface area contributed by atoms with Crippen LogP contribution >= 0.6 is 11.8 Å². The third-order valence-electron chi connectivity index (χ3n) is 4.20. The van der Waals surface area contributed by atoms with Crippen molar-refractivity contribution in [3.05, 3.63) is 59.7 Å². The van der Waals surface area contributed by atoms with Crippen LogP contribution in [0.15, 0.2) is 48.5 Å². The molecular weight excluding hydrogens is 332 g/mol. The second-order valence-electron chi connectivity index (χ2n) is 6.22. The number of nitrogens with one attached hydrogen (secondary N) is 2. The summed E-state index contributed by atoms with van der Waals surface area (Å²) in [5.74, 6) is 2.91. The van der Waals surface area contributed by atoms with Gasteiger partial charge in [-0.2, -0.15) is 11.8 Å². The summed E-state index contributed by atoms with van der Waals surface area (Å²) >= 11 is 1.90. The van der Waals surface area contributed by atoms with Crippen LogP contribution in [0.3, 0.4) is 0 Å². The average Bonchev–Trinajstić information content (AvgIpc) is 2.62. The summed E-state index contributed by atoms with van der Waals surface area (Å²) < 4.78 is 5.88. The number of amides is 1. The third-order valence-corrected chi connectivity index (χ3v) is 5.33. The monoisotopic (exact) mass is 356 g/mol. The van der Waals surface area contributed by atoms with Gasteiger partial charge in [-0.15, -0.1) is 0 Å². The number of hydrogen-bond donors (Lipinski definition) is 2. The Morgan fingerprint density at radius 3 is 2.96 bits per heavy atom. The maximum Gasteiger partial charge on any atom is 0.225 e. The zero-order valence-electron chi connectivity index (χ0n) is 14.5. The van der Waals surface area contributed by atoms with Gasteiger partial charge in [0.05, 0.1) is 0 Å². The molecule has 0 radical (unpaired) electrons. The minimum Gasteiger partial charge on any atom is -0.489 e. The van der Waals surface area contributed by atoms with E-state index < -0.39 is 0 Å². The molecule has 132 valence electrons. The molecule has 0 saturated carbocycles. The van der Waals surface area contributed by atoms with Gasteiger partial charge in [0, 0.05) is 42.3 Å². The van der Waals surface area contributed by atoms with E-state index in [2.05, 4.69) is 29.7 Å². The number of thioether (sulfide) groups is 1. The van der Waals surface area contributed by atoms with Crippen molar-refractivity contribution in [1.29, 1.82) is 0 Å². The van der Waals surface area contributed by atoms with Crippen molar-refractivity contribution >= 4 is 23.4 Å². The fourth-order valence-electron chi connectivity index (χ4n) is 2.78. The van der Waals surface area contributed by atoms with Crippen LogP contribution in [-0.2, 0) is 11.4 Å². The fraction of sp³-hybridized carbons (Fsp3) is 0.350. The van der Waals surface area contributed by atoms with Crippen molar-refractivity contribution in [3.8, 4) is 5.75 Å². The minimum atomic E-state index is 0.0380. The van der Waals surface area contributed by atoms with Gasteiger partial charge in [-0.3, -0.25) is 4.79 Å². The topological polar surface area (TPSA) is 50.4 Å². The summed E-state index contributed by atoms with van der Waals surface area (Å²) in [5, 5.41) is 6.36. The number of carbonyl (C=O) groups is 1. The summed E-state index contributed by atoms with van der Waals surface area (Å²) in [6, 6.07) is 16.0. The maximum atomic E-state index is 12.2. The average molecular weight is 356 g/mol. The summed E-state index contributed by atoms with van der Waals surface area (Å²) in [6.45, 7) is 3.57. The van der Waals surface area contributed by atoms with Gasteiger partial charge in [-0.05, 0) is 30.2 Å². The number of hydrogen-bond acceptors (Lipinski definition) is 4. The smallest absolute Gasteiger partial charge is 0.225 e.